The molecule has 5 nitrogen and oxygen atoms in total. The van der Waals surface area contributed by atoms with Crippen LogP contribution >= 0.6 is 11.3 Å². The van der Waals surface area contributed by atoms with E-state index in [4.69, 9.17) is 4.98 Å². The SMILES string of the molecule is Cc1ccc(C(=O)N2CCC[C@H](c3nc(C(C)C)cs3)C2)c(=O)[nH]1. The molecule has 0 unspecified atom stereocenters. The molecule has 6 heteroatoms. The van der Waals surface area contributed by atoms with E-state index < -0.39 is 0 Å². The van der Waals surface area contributed by atoms with Gasteiger partial charge in [0.2, 0.25) is 0 Å². The maximum Gasteiger partial charge on any atom is 0.260 e. The van der Waals surface area contributed by atoms with E-state index >= 15 is 0 Å². The maximum absolute atomic E-state index is 12.7. The monoisotopic (exact) mass is 345 g/mol. The van der Waals surface area contributed by atoms with Crippen molar-refractivity contribution in [1.29, 1.82) is 0 Å². The van der Waals surface area contributed by atoms with E-state index in [1.54, 1.807) is 35.3 Å². The first kappa shape index (κ1) is 16.9. The molecule has 1 N–H and O–H groups in total. The van der Waals surface area contributed by atoms with Crippen LogP contribution in [0.15, 0.2) is 22.3 Å². The molecule has 3 rings (SSSR count). The van der Waals surface area contributed by atoms with Crippen molar-refractivity contribution in [1.82, 2.24) is 14.9 Å². The van der Waals surface area contributed by atoms with Crippen LogP contribution in [-0.4, -0.2) is 33.9 Å². The molecule has 2 aromatic heterocycles. The quantitative estimate of drug-likeness (QED) is 0.928. The number of pyridine rings is 1. The van der Waals surface area contributed by atoms with Gasteiger partial charge < -0.3 is 9.88 Å². The fourth-order valence-electron chi connectivity index (χ4n) is 3.03. The molecular formula is C18H23N3O2S. The number of hydrogen-bond donors (Lipinski definition) is 1. The van der Waals surface area contributed by atoms with Gasteiger partial charge in [0.15, 0.2) is 0 Å². The summed E-state index contributed by atoms with van der Waals surface area (Å²) in [6, 6.07) is 3.40. The van der Waals surface area contributed by atoms with Crippen LogP contribution < -0.4 is 5.56 Å². The molecule has 128 valence electrons. The lowest BCUT2D eigenvalue weighted by Gasteiger charge is -2.31. The number of aromatic amines is 1. The number of piperidine rings is 1. The molecule has 24 heavy (non-hydrogen) atoms. The highest BCUT2D eigenvalue weighted by molar-refractivity contribution is 7.09. The fraction of sp³-hybridized carbons (Fsp3) is 0.500. The van der Waals surface area contributed by atoms with Crippen molar-refractivity contribution in [3.8, 4) is 0 Å². The van der Waals surface area contributed by atoms with E-state index in [1.165, 1.54) is 0 Å². The van der Waals surface area contributed by atoms with Gasteiger partial charge in [-0.05, 0) is 37.8 Å². The Morgan fingerprint density at radius 3 is 2.88 bits per heavy atom. The Kier molecular flexibility index (Phi) is 4.85. The fourth-order valence-corrected chi connectivity index (χ4v) is 4.14. The summed E-state index contributed by atoms with van der Waals surface area (Å²) in [7, 11) is 0. The Labute approximate surface area is 145 Å². The van der Waals surface area contributed by atoms with Crippen molar-refractivity contribution in [2.24, 2.45) is 0 Å². The van der Waals surface area contributed by atoms with Gasteiger partial charge in [-0.3, -0.25) is 9.59 Å². The van der Waals surface area contributed by atoms with E-state index in [1.807, 2.05) is 0 Å². The Morgan fingerprint density at radius 2 is 2.21 bits per heavy atom. The first-order chi connectivity index (χ1) is 11.5. The average Bonchev–Trinajstić information content (AvgIpc) is 3.05. The lowest BCUT2D eigenvalue weighted by molar-refractivity contribution is 0.0705. The molecule has 1 saturated heterocycles. The van der Waals surface area contributed by atoms with Crippen LogP contribution in [0.25, 0.3) is 0 Å². The van der Waals surface area contributed by atoms with Crippen LogP contribution in [0.4, 0.5) is 0 Å². The molecule has 1 fully saturated rings. The first-order valence-corrected chi connectivity index (χ1v) is 9.28. The van der Waals surface area contributed by atoms with Gasteiger partial charge in [-0.1, -0.05) is 13.8 Å². The molecular weight excluding hydrogens is 322 g/mol. The summed E-state index contributed by atoms with van der Waals surface area (Å²) < 4.78 is 0. The van der Waals surface area contributed by atoms with Crippen molar-refractivity contribution < 1.29 is 4.79 Å². The zero-order valence-corrected chi connectivity index (χ0v) is 15.2. The summed E-state index contributed by atoms with van der Waals surface area (Å²) in [5.41, 5.74) is 1.80. The van der Waals surface area contributed by atoms with Crippen LogP contribution in [0.1, 0.15) is 65.3 Å². The van der Waals surface area contributed by atoms with E-state index in [9.17, 15) is 9.59 Å². The lowest BCUT2D eigenvalue weighted by Crippen LogP contribution is -2.41. The number of aromatic nitrogens is 2. The number of carbonyl (C=O) groups is 1. The smallest absolute Gasteiger partial charge is 0.260 e. The highest BCUT2D eigenvalue weighted by Gasteiger charge is 2.28. The molecule has 1 atom stereocenters. The van der Waals surface area contributed by atoms with Gasteiger partial charge in [0.25, 0.3) is 11.5 Å². The van der Waals surface area contributed by atoms with Gasteiger partial charge in [-0.2, -0.15) is 0 Å². The van der Waals surface area contributed by atoms with E-state index in [2.05, 4.69) is 24.2 Å². The molecule has 2 aromatic rings. The minimum atomic E-state index is -0.307. The van der Waals surface area contributed by atoms with Crippen LogP contribution in [0.2, 0.25) is 0 Å². The van der Waals surface area contributed by atoms with Gasteiger partial charge >= 0.3 is 0 Å². The lowest BCUT2D eigenvalue weighted by atomic mass is 9.98. The van der Waals surface area contributed by atoms with Gasteiger partial charge in [-0.25, -0.2) is 4.98 Å². The predicted molar refractivity (Wildman–Crippen MR) is 95.9 cm³/mol. The number of nitrogens with zero attached hydrogens (tertiary/aromatic N) is 2. The van der Waals surface area contributed by atoms with Gasteiger partial charge in [-0.15, -0.1) is 11.3 Å². The number of H-pyrrole nitrogens is 1. The van der Waals surface area contributed by atoms with Crippen LogP contribution in [0.5, 0.6) is 0 Å². The second-order valence-corrected chi connectivity index (χ2v) is 7.63. The van der Waals surface area contributed by atoms with E-state index in [0.29, 0.717) is 19.0 Å². The normalized spacial score (nSPS) is 18.2. The summed E-state index contributed by atoms with van der Waals surface area (Å²) in [4.78, 5) is 34.0. The standard InChI is InChI=1S/C18H23N3O2S/c1-11(2)15-10-24-17(20-15)13-5-4-8-21(9-13)18(23)14-7-6-12(3)19-16(14)22/h6-7,10-11,13H,4-5,8-9H2,1-3H3,(H,19,22)/t13-/m0/s1. The van der Waals surface area contributed by atoms with Gasteiger partial charge in [0, 0.05) is 30.1 Å². The third kappa shape index (κ3) is 3.43. The second kappa shape index (κ2) is 6.89. The average molecular weight is 345 g/mol. The number of likely N-dealkylation sites (tertiary alicyclic amines) is 1. The third-order valence-corrected chi connectivity index (χ3v) is 5.50. The number of carbonyl (C=O) groups excluding carboxylic acids is 1. The van der Waals surface area contributed by atoms with E-state index in [0.717, 1.165) is 29.2 Å². The Balaban J connectivity index is 1.77. The molecule has 1 amide bonds. The van der Waals surface area contributed by atoms with Crippen molar-refractivity contribution in [2.75, 3.05) is 13.1 Å². The Bertz CT molecular complexity index is 794. The molecule has 3 heterocycles. The molecule has 0 spiro atoms. The van der Waals surface area contributed by atoms with Crippen LogP contribution in [0.3, 0.4) is 0 Å². The number of aryl methyl sites for hydroxylation is 1. The Morgan fingerprint density at radius 1 is 1.42 bits per heavy atom. The van der Waals surface area contributed by atoms with Crippen LogP contribution in [0, 0.1) is 6.92 Å². The third-order valence-electron chi connectivity index (χ3n) is 4.47. The van der Waals surface area contributed by atoms with Crippen molar-refractivity contribution in [3.05, 3.63) is 49.8 Å². The molecule has 1 aliphatic rings. The van der Waals surface area contributed by atoms with E-state index in [-0.39, 0.29) is 22.9 Å². The molecule has 0 radical (unpaired) electrons. The van der Waals surface area contributed by atoms with Crippen LogP contribution in [-0.2, 0) is 0 Å². The van der Waals surface area contributed by atoms with Crippen molar-refractivity contribution in [2.45, 2.75) is 45.4 Å². The highest BCUT2D eigenvalue weighted by Crippen LogP contribution is 2.31. The number of amides is 1. The summed E-state index contributed by atoms with van der Waals surface area (Å²) in [6.07, 6.45) is 1.98. The first-order valence-electron chi connectivity index (χ1n) is 8.40. The minimum Gasteiger partial charge on any atom is -0.338 e. The number of rotatable bonds is 3. The number of thiazole rings is 1. The van der Waals surface area contributed by atoms with Crippen molar-refractivity contribution in [3.63, 3.8) is 0 Å². The summed E-state index contributed by atoms with van der Waals surface area (Å²) in [5.74, 6) is 0.508. The summed E-state index contributed by atoms with van der Waals surface area (Å²) in [5, 5.41) is 3.22. The molecule has 0 bridgehead atoms. The van der Waals surface area contributed by atoms with Gasteiger partial charge in [0.1, 0.15) is 5.56 Å². The number of hydrogen-bond acceptors (Lipinski definition) is 4. The minimum absolute atomic E-state index is 0.179. The number of nitrogens with one attached hydrogen (secondary N) is 1. The van der Waals surface area contributed by atoms with Crippen molar-refractivity contribution >= 4 is 17.2 Å². The zero-order chi connectivity index (χ0) is 17.3. The molecule has 0 aliphatic carbocycles. The summed E-state index contributed by atoms with van der Waals surface area (Å²) in [6.45, 7) is 7.42. The molecule has 0 aromatic carbocycles. The zero-order valence-electron chi connectivity index (χ0n) is 14.3. The largest absolute Gasteiger partial charge is 0.338 e. The summed E-state index contributed by atoms with van der Waals surface area (Å²) >= 11 is 1.68. The Hall–Kier alpha value is -1.95. The topological polar surface area (TPSA) is 66.1 Å². The maximum atomic E-state index is 12.7. The van der Waals surface area contributed by atoms with Gasteiger partial charge in [0.05, 0.1) is 10.7 Å². The molecule has 0 saturated carbocycles. The molecule has 1 aliphatic heterocycles. The highest BCUT2D eigenvalue weighted by atomic mass is 32.1. The second-order valence-electron chi connectivity index (χ2n) is 6.74. The predicted octanol–water partition coefficient (Wildman–Crippen LogP) is 3.28.